The molecule has 1 saturated carbocycles. The van der Waals surface area contributed by atoms with Crippen molar-refractivity contribution >= 4 is 11.8 Å². The molecule has 26 heavy (non-hydrogen) atoms. The van der Waals surface area contributed by atoms with Crippen LogP contribution >= 0.6 is 0 Å². The smallest absolute Gasteiger partial charge is 0.303 e. The van der Waals surface area contributed by atoms with Crippen molar-refractivity contribution in [3.63, 3.8) is 0 Å². The number of hydrogen-bond acceptors (Lipinski definition) is 5. The lowest BCUT2D eigenvalue weighted by Crippen LogP contribution is -2.19. The molecular formula is C20H32O6. The summed E-state index contributed by atoms with van der Waals surface area (Å²) >= 11 is 0. The van der Waals surface area contributed by atoms with E-state index < -0.39 is 24.3 Å². The second-order valence-corrected chi connectivity index (χ2v) is 7.03. The van der Waals surface area contributed by atoms with Crippen LogP contribution in [-0.2, 0) is 9.59 Å². The number of carboxylic acid groups (broad SMARTS) is 1. The van der Waals surface area contributed by atoms with E-state index in [1.807, 2.05) is 0 Å². The Kier molecular flexibility index (Phi) is 10.4. The number of aliphatic hydroxyl groups excluding tert-OH is 3. The minimum atomic E-state index is -0.964. The number of ketones is 1. The summed E-state index contributed by atoms with van der Waals surface area (Å²) in [6.07, 6.45) is 8.63. The summed E-state index contributed by atoms with van der Waals surface area (Å²) in [5.41, 5.74) is 0. The van der Waals surface area contributed by atoms with Crippen LogP contribution in [0.15, 0.2) is 24.3 Å². The molecule has 5 atom stereocenters. The van der Waals surface area contributed by atoms with Crippen LogP contribution in [0.1, 0.15) is 58.3 Å². The van der Waals surface area contributed by atoms with Crippen molar-refractivity contribution in [3.05, 3.63) is 24.3 Å². The highest BCUT2D eigenvalue weighted by molar-refractivity contribution is 5.84. The predicted octanol–water partition coefficient (Wildman–Crippen LogP) is 2.22. The van der Waals surface area contributed by atoms with Gasteiger partial charge >= 0.3 is 5.97 Å². The standard InChI is InChI=1S/C20H32O6/c1-2-3-4-6-14(21)9-11-17-16(18(23)13-19(17)24)8-5-7-15(22)10-12-20(25)26/h5,7,9,11,14-17,19,21-22,24H,2-4,6,8,10,12-13H2,1H3,(H,25,26)/b7-5-,11-9+/t14?,15?,16-,17-,19-/m1/s1. The lowest BCUT2D eigenvalue weighted by atomic mass is 9.90. The highest BCUT2D eigenvalue weighted by Gasteiger charge is 2.39. The fourth-order valence-corrected chi connectivity index (χ4v) is 3.23. The fraction of sp³-hybridized carbons (Fsp3) is 0.700. The first-order valence-corrected chi connectivity index (χ1v) is 9.48. The molecule has 0 heterocycles. The van der Waals surface area contributed by atoms with Crippen molar-refractivity contribution < 1.29 is 30.0 Å². The van der Waals surface area contributed by atoms with Gasteiger partial charge in [0.15, 0.2) is 0 Å². The van der Waals surface area contributed by atoms with E-state index in [2.05, 4.69) is 6.92 Å². The van der Waals surface area contributed by atoms with Crippen molar-refractivity contribution in [2.45, 2.75) is 76.6 Å². The number of aliphatic hydroxyl groups is 3. The second-order valence-electron chi connectivity index (χ2n) is 7.03. The van der Waals surface area contributed by atoms with Crippen LogP contribution in [0.25, 0.3) is 0 Å². The topological polar surface area (TPSA) is 115 Å². The van der Waals surface area contributed by atoms with Gasteiger partial charge < -0.3 is 20.4 Å². The molecule has 148 valence electrons. The first kappa shape index (κ1) is 22.5. The summed E-state index contributed by atoms with van der Waals surface area (Å²) in [6, 6.07) is 0. The van der Waals surface area contributed by atoms with Gasteiger partial charge in [0.2, 0.25) is 0 Å². The van der Waals surface area contributed by atoms with Crippen molar-refractivity contribution in [1.82, 2.24) is 0 Å². The average molecular weight is 368 g/mol. The maximum absolute atomic E-state index is 12.1. The summed E-state index contributed by atoms with van der Waals surface area (Å²) in [5.74, 6) is -1.72. The largest absolute Gasteiger partial charge is 0.481 e. The molecule has 1 aliphatic carbocycles. The van der Waals surface area contributed by atoms with E-state index in [1.54, 1.807) is 18.2 Å². The van der Waals surface area contributed by atoms with E-state index in [0.29, 0.717) is 12.8 Å². The number of allylic oxidation sites excluding steroid dienone is 1. The van der Waals surface area contributed by atoms with Crippen molar-refractivity contribution in [2.75, 3.05) is 0 Å². The fourth-order valence-electron chi connectivity index (χ4n) is 3.23. The Bertz CT molecular complexity index is 499. The molecule has 0 aliphatic heterocycles. The Balaban J connectivity index is 2.55. The Morgan fingerprint density at radius 3 is 2.54 bits per heavy atom. The summed E-state index contributed by atoms with van der Waals surface area (Å²) in [6.45, 7) is 2.10. The van der Waals surface area contributed by atoms with Gasteiger partial charge in [-0.05, 0) is 19.3 Å². The van der Waals surface area contributed by atoms with E-state index in [-0.39, 0.29) is 36.9 Å². The molecule has 6 heteroatoms. The van der Waals surface area contributed by atoms with Crippen molar-refractivity contribution in [1.29, 1.82) is 0 Å². The van der Waals surface area contributed by atoms with E-state index >= 15 is 0 Å². The molecule has 1 rings (SSSR count). The number of carbonyl (C=O) groups is 2. The Hall–Kier alpha value is -1.50. The monoisotopic (exact) mass is 368 g/mol. The summed E-state index contributed by atoms with van der Waals surface area (Å²) in [7, 11) is 0. The van der Waals surface area contributed by atoms with E-state index in [9.17, 15) is 24.9 Å². The first-order chi connectivity index (χ1) is 12.3. The molecule has 0 bridgehead atoms. The lowest BCUT2D eigenvalue weighted by Gasteiger charge is -2.17. The molecule has 6 nitrogen and oxygen atoms in total. The number of rotatable bonds is 12. The highest BCUT2D eigenvalue weighted by Crippen LogP contribution is 2.33. The van der Waals surface area contributed by atoms with Crippen LogP contribution in [0.5, 0.6) is 0 Å². The van der Waals surface area contributed by atoms with Gasteiger partial charge in [-0.3, -0.25) is 9.59 Å². The van der Waals surface area contributed by atoms with Crippen molar-refractivity contribution in [3.8, 4) is 0 Å². The molecule has 0 aromatic heterocycles. The zero-order valence-corrected chi connectivity index (χ0v) is 15.5. The minimum absolute atomic E-state index is 0.0303. The zero-order chi connectivity index (χ0) is 19.5. The third kappa shape index (κ3) is 8.25. The van der Waals surface area contributed by atoms with Gasteiger partial charge in [0, 0.05) is 24.7 Å². The molecular weight excluding hydrogens is 336 g/mol. The second kappa shape index (κ2) is 12.0. The number of unbranched alkanes of at least 4 members (excludes halogenated alkanes) is 2. The number of Topliss-reactive ketones (excluding diaryl/α,β-unsaturated/α-hetero) is 1. The molecule has 0 amide bonds. The summed E-state index contributed by atoms with van der Waals surface area (Å²) in [4.78, 5) is 22.6. The van der Waals surface area contributed by atoms with Gasteiger partial charge in [-0.1, -0.05) is 50.5 Å². The van der Waals surface area contributed by atoms with Gasteiger partial charge in [-0.25, -0.2) is 0 Å². The minimum Gasteiger partial charge on any atom is -0.481 e. The molecule has 0 aromatic rings. The van der Waals surface area contributed by atoms with E-state index in [1.165, 1.54) is 6.08 Å². The number of carbonyl (C=O) groups excluding carboxylic acids is 1. The number of hydrogen-bond donors (Lipinski definition) is 4. The molecule has 1 fully saturated rings. The van der Waals surface area contributed by atoms with Crippen LogP contribution in [-0.4, -0.2) is 50.5 Å². The van der Waals surface area contributed by atoms with E-state index in [4.69, 9.17) is 5.11 Å². The Morgan fingerprint density at radius 1 is 1.19 bits per heavy atom. The van der Waals surface area contributed by atoms with Crippen LogP contribution in [0.4, 0.5) is 0 Å². The van der Waals surface area contributed by atoms with Crippen LogP contribution in [0.3, 0.4) is 0 Å². The molecule has 4 N–H and O–H groups in total. The quantitative estimate of drug-likeness (QED) is 0.310. The van der Waals surface area contributed by atoms with Gasteiger partial charge in [0.05, 0.1) is 18.3 Å². The Labute approximate surface area is 155 Å². The molecule has 0 spiro atoms. The zero-order valence-electron chi connectivity index (χ0n) is 15.5. The van der Waals surface area contributed by atoms with Crippen LogP contribution < -0.4 is 0 Å². The maximum atomic E-state index is 12.1. The molecule has 0 aromatic carbocycles. The van der Waals surface area contributed by atoms with Gasteiger partial charge in [0.1, 0.15) is 5.78 Å². The average Bonchev–Trinajstić information content (AvgIpc) is 2.84. The lowest BCUT2D eigenvalue weighted by molar-refractivity contribution is -0.137. The van der Waals surface area contributed by atoms with Crippen LogP contribution in [0, 0.1) is 11.8 Å². The first-order valence-electron chi connectivity index (χ1n) is 9.48. The predicted molar refractivity (Wildman–Crippen MR) is 98.5 cm³/mol. The molecule has 1 aliphatic rings. The van der Waals surface area contributed by atoms with Gasteiger partial charge in [-0.2, -0.15) is 0 Å². The number of aliphatic carboxylic acids is 1. The van der Waals surface area contributed by atoms with Crippen molar-refractivity contribution in [2.24, 2.45) is 11.8 Å². The summed E-state index contributed by atoms with van der Waals surface area (Å²) < 4.78 is 0. The molecule has 0 radical (unpaired) electrons. The number of carboxylic acids is 1. The SMILES string of the molecule is CCCCCC(O)/C=C/[C@H]1[C@H](O)CC(=O)[C@@H]1C/C=C\C(O)CCC(=O)O. The van der Waals surface area contributed by atoms with Crippen LogP contribution in [0.2, 0.25) is 0 Å². The van der Waals surface area contributed by atoms with Gasteiger partial charge in [-0.15, -0.1) is 0 Å². The highest BCUT2D eigenvalue weighted by atomic mass is 16.4. The normalized spacial score (nSPS) is 26.0. The Morgan fingerprint density at radius 2 is 1.88 bits per heavy atom. The van der Waals surface area contributed by atoms with E-state index in [0.717, 1.165) is 19.3 Å². The molecule has 2 unspecified atom stereocenters. The third-order valence-electron chi connectivity index (χ3n) is 4.79. The summed E-state index contributed by atoms with van der Waals surface area (Å²) in [5, 5.41) is 38.4. The third-order valence-corrected chi connectivity index (χ3v) is 4.79. The maximum Gasteiger partial charge on any atom is 0.303 e. The molecule has 0 saturated heterocycles. The van der Waals surface area contributed by atoms with Gasteiger partial charge in [0.25, 0.3) is 0 Å².